The Kier molecular flexibility index (Phi) is 4.16. The SMILES string of the molecule is CC(C)C(=O)N1Cc2ccc(SN3CC4(CCC4)CC3C)cc2C1. The van der Waals surface area contributed by atoms with Crippen molar-refractivity contribution in [1.82, 2.24) is 9.21 Å². The van der Waals surface area contributed by atoms with E-state index >= 15 is 0 Å². The molecule has 4 rings (SSSR count). The molecule has 0 aromatic heterocycles. The fourth-order valence-corrected chi connectivity index (χ4v) is 5.71. The van der Waals surface area contributed by atoms with Gasteiger partial charge in [0.15, 0.2) is 0 Å². The number of fused-ring (bicyclic) bond motifs is 1. The summed E-state index contributed by atoms with van der Waals surface area (Å²) in [4.78, 5) is 15.6. The lowest BCUT2D eigenvalue weighted by Gasteiger charge is -2.38. The summed E-state index contributed by atoms with van der Waals surface area (Å²) in [5, 5.41) is 0. The zero-order chi connectivity index (χ0) is 16.9. The summed E-state index contributed by atoms with van der Waals surface area (Å²) in [6, 6.07) is 7.45. The highest BCUT2D eigenvalue weighted by Crippen LogP contribution is 2.52. The number of hydrogen-bond donors (Lipinski definition) is 0. The summed E-state index contributed by atoms with van der Waals surface area (Å²) in [6.07, 6.45) is 5.63. The molecule has 1 atom stereocenters. The molecule has 0 radical (unpaired) electrons. The van der Waals surface area contributed by atoms with Crippen LogP contribution in [0.25, 0.3) is 0 Å². The smallest absolute Gasteiger partial charge is 0.225 e. The van der Waals surface area contributed by atoms with Crippen LogP contribution >= 0.6 is 11.9 Å². The number of benzene rings is 1. The van der Waals surface area contributed by atoms with Crippen LogP contribution in [0.2, 0.25) is 0 Å². The third kappa shape index (κ3) is 2.88. The molecule has 0 bridgehead atoms. The maximum Gasteiger partial charge on any atom is 0.225 e. The summed E-state index contributed by atoms with van der Waals surface area (Å²) < 4.78 is 2.59. The summed E-state index contributed by atoms with van der Waals surface area (Å²) in [5.74, 6) is 0.345. The highest BCUT2D eigenvalue weighted by Gasteiger charge is 2.46. The molecule has 1 saturated heterocycles. The molecule has 2 aliphatic heterocycles. The van der Waals surface area contributed by atoms with E-state index < -0.39 is 0 Å². The summed E-state index contributed by atoms with van der Waals surface area (Å²) in [7, 11) is 0. The number of hydrogen-bond acceptors (Lipinski definition) is 3. The van der Waals surface area contributed by atoms with Crippen molar-refractivity contribution in [3.05, 3.63) is 29.3 Å². The van der Waals surface area contributed by atoms with E-state index in [1.165, 1.54) is 48.3 Å². The van der Waals surface area contributed by atoms with Crippen LogP contribution < -0.4 is 0 Å². The topological polar surface area (TPSA) is 23.6 Å². The monoisotopic (exact) mass is 344 g/mol. The van der Waals surface area contributed by atoms with Gasteiger partial charge in [-0.1, -0.05) is 26.3 Å². The van der Waals surface area contributed by atoms with E-state index in [0.717, 1.165) is 13.1 Å². The van der Waals surface area contributed by atoms with E-state index in [-0.39, 0.29) is 11.8 Å². The first-order valence-electron chi connectivity index (χ1n) is 9.31. The lowest BCUT2D eigenvalue weighted by molar-refractivity contribution is -0.135. The maximum absolute atomic E-state index is 12.2. The fraction of sp³-hybridized carbons (Fsp3) is 0.650. The average Bonchev–Trinajstić information content (AvgIpc) is 3.07. The van der Waals surface area contributed by atoms with Crippen molar-refractivity contribution in [3.63, 3.8) is 0 Å². The Bertz CT molecular complexity index is 653. The molecule has 2 heterocycles. The van der Waals surface area contributed by atoms with E-state index in [2.05, 4.69) is 29.4 Å². The molecule has 1 unspecified atom stereocenters. The Morgan fingerprint density at radius 2 is 2.00 bits per heavy atom. The average molecular weight is 345 g/mol. The molecular formula is C20H28N2OS. The zero-order valence-electron chi connectivity index (χ0n) is 15.0. The second-order valence-electron chi connectivity index (χ2n) is 8.35. The molecule has 1 amide bonds. The van der Waals surface area contributed by atoms with Crippen LogP contribution in [0.3, 0.4) is 0 Å². The van der Waals surface area contributed by atoms with Crippen LogP contribution in [0, 0.1) is 11.3 Å². The molecule has 1 aliphatic carbocycles. The Hall–Kier alpha value is -1.00. The minimum absolute atomic E-state index is 0.0808. The van der Waals surface area contributed by atoms with Gasteiger partial charge in [0, 0.05) is 36.5 Å². The van der Waals surface area contributed by atoms with Crippen LogP contribution in [0.5, 0.6) is 0 Å². The maximum atomic E-state index is 12.2. The Morgan fingerprint density at radius 1 is 1.25 bits per heavy atom. The van der Waals surface area contributed by atoms with E-state index in [0.29, 0.717) is 11.5 Å². The second kappa shape index (κ2) is 6.06. The molecule has 4 heteroatoms. The lowest BCUT2D eigenvalue weighted by Crippen LogP contribution is -2.31. The van der Waals surface area contributed by atoms with Crippen molar-refractivity contribution >= 4 is 17.9 Å². The van der Waals surface area contributed by atoms with Crippen LogP contribution in [0.15, 0.2) is 23.1 Å². The zero-order valence-corrected chi connectivity index (χ0v) is 15.9. The van der Waals surface area contributed by atoms with Gasteiger partial charge in [-0.3, -0.25) is 4.79 Å². The van der Waals surface area contributed by atoms with Crippen LogP contribution in [0.4, 0.5) is 0 Å². The van der Waals surface area contributed by atoms with Crippen molar-refractivity contribution < 1.29 is 4.79 Å². The molecule has 1 aromatic rings. The van der Waals surface area contributed by atoms with Gasteiger partial charge in [0.1, 0.15) is 0 Å². The van der Waals surface area contributed by atoms with Gasteiger partial charge in [0.2, 0.25) is 5.91 Å². The van der Waals surface area contributed by atoms with Gasteiger partial charge in [0.25, 0.3) is 0 Å². The quantitative estimate of drug-likeness (QED) is 0.757. The predicted molar refractivity (Wildman–Crippen MR) is 98.5 cm³/mol. The fourth-order valence-electron chi connectivity index (χ4n) is 4.52. The van der Waals surface area contributed by atoms with Crippen LogP contribution in [0.1, 0.15) is 57.6 Å². The van der Waals surface area contributed by atoms with Crippen molar-refractivity contribution in [3.8, 4) is 0 Å². The Balaban J connectivity index is 1.44. The van der Waals surface area contributed by atoms with Crippen molar-refractivity contribution in [2.75, 3.05) is 6.54 Å². The minimum atomic E-state index is 0.0808. The van der Waals surface area contributed by atoms with Crippen molar-refractivity contribution in [1.29, 1.82) is 0 Å². The minimum Gasteiger partial charge on any atom is -0.334 e. The summed E-state index contributed by atoms with van der Waals surface area (Å²) in [5.41, 5.74) is 3.28. The number of rotatable bonds is 3. The van der Waals surface area contributed by atoms with Crippen LogP contribution in [-0.2, 0) is 17.9 Å². The van der Waals surface area contributed by atoms with E-state index in [9.17, 15) is 4.79 Å². The predicted octanol–water partition coefficient (Wildman–Crippen LogP) is 4.46. The standard InChI is InChI=1S/C20H28N2OS/c1-14(2)19(23)21-11-16-5-6-18(9-17(16)12-21)24-22-13-20(7-4-8-20)10-15(22)3/h5-6,9,14-15H,4,7-8,10-13H2,1-3H3. The third-order valence-electron chi connectivity index (χ3n) is 6.05. The van der Waals surface area contributed by atoms with E-state index in [1.54, 1.807) is 0 Å². The first-order chi connectivity index (χ1) is 11.5. The molecule has 130 valence electrons. The normalized spacial score (nSPS) is 25.3. The molecule has 1 spiro atoms. The highest BCUT2D eigenvalue weighted by molar-refractivity contribution is 7.97. The van der Waals surface area contributed by atoms with E-state index in [4.69, 9.17) is 0 Å². The number of carbonyl (C=O) groups is 1. The van der Waals surface area contributed by atoms with Gasteiger partial charge in [-0.15, -0.1) is 0 Å². The van der Waals surface area contributed by atoms with Gasteiger partial charge in [-0.2, -0.15) is 0 Å². The molecule has 1 aromatic carbocycles. The molecule has 1 saturated carbocycles. The van der Waals surface area contributed by atoms with Crippen LogP contribution in [-0.4, -0.2) is 27.7 Å². The van der Waals surface area contributed by atoms with Gasteiger partial charge in [0.05, 0.1) is 0 Å². The van der Waals surface area contributed by atoms with Gasteiger partial charge < -0.3 is 4.90 Å². The first kappa shape index (κ1) is 16.5. The Labute approximate surface area is 149 Å². The molecule has 3 nitrogen and oxygen atoms in total. The van der Waals surface area contributed by atoms with E-state index in [1.807, 2.05) is 30.7 Å². The third-order valence-corrected chi connectivity index (χ3v) is 7.24. The summed E-state index contributed by atoms with van der Waals surface area (Å²) >= 11 is 1.92. The van der Waals surface area contributed by atoms with Gasteiger partial charge in [-0.05, 0) is 66.8 Å². The number of amides is 1. The molecule has 24 heavy (non-hydrogen) atoms. The number of carbonyl (C=O) groups excluding carboxylic acids is 1. The van der Waals surface area contributed by atoms with Crippen molar-refractivity contribution in [2.24, 2.45) is 11.3 Å². The molecular weight excluding hydrogens is 316 g/mol. The van der Waals surface area contributed by atoms with Gasteiger partial charge in [-0.25, -0.2) is 4.31 Å². The Morgan fingerprint density at radius 3 is 2.62 bits per heavy atom. The van der Waals surface area contributed by atoms with Crippen molar-refractivity contribution in [2.45, 2.75) is 70.5 Å². The largest absolute Gasteiger partial charge is 0.334 e. The number of nitrogens with zero attached hydrogens (tertiary/aromatic N) is 2. The first-order valence-corrected chi connectivity index (χ1v) is 10.1. The lowest BCUT2D eigenvalue weighted by atomic mass is 9.68. The molecule has 2 fully saturated rings. The highest BCUT2D eigenvalue weighted by atomic mass is 32.2. The van der Waals surface area contributed by atoms with Gasteiger partial charge >= 0.3 is 0 Å². The molecule has 3 aliphatic rings. The second-order valence-corrected chi connectivity index (χ2v) is 9.48. The molecule has 0 N–H and O–H groups in total. The summed E-state index contributed by atoms with van der Waals surface area (Å²) in [6.45, 7) is 9.14.